The number of carbonyl (C=O) groups excluding carboxylic acids is 1. The number of nitrogens with zero attached hydrogens (tertiary/aromatic N) is 1. The first-order valence-electron chi connectivity index (χ1n) is 7.21. The molecule has 2 rings (SSSR count). The van der Waals surface area contributed by atoms with Crippen LogP contribution in [-0.4, -0.2) is 34.6 Å². The van der Waals surface area contributed by atoms with Gasteiger partial charge in [-0.2, -0.15) is 0 Å². The second kappa shape index (κ2) is 7.05. The van der Waals surface area contributed by atoms with Crippen molar-refractivity contribution in [3.63, 3.8) is 0 Å². The Morgan fingerprint density at radius 2 is 2.25 bits per heavy atom. The number of amides is 1. The van der Waals surface area contributed by atoms with Crippen molar-refractivity contribution in [3.8, 4) is 0 Å². The molecule has 3 nitrogen and oxygen atoms in total. The van der Waals surface area contributed by atoms with Gasteiger partial charge in [0.15, 0.2) is 0 Å². The molecular formula is C15H22BrNO2S. The van der Waals surface area contributed by atoms with Gasteiger partial charge in [-0.05, 0) is 67.1 Å². The number of hydrogen-bond donors (Lipinski definition) is 1. The van der Waals surface area contributed by atoms with Crippen LogP contribution in [0, 0.1) is 0 Å². The van der Waals surface area contributed by atoms with E-state index in [1.54, 1.807) is 11.3 Å². The van der Waals surface area contributed by atoms with E-state index in [9.17, 15) is 9.90 Å². The summed E-state index contributed by atoms with van der Waals surface area (Å²) in [7, 11) is 0. The Morgan fingerprint density at radius 1 is 1.45 bits per heavy atom. The molecule has 0 bridgehead atoms. The number of likely N-dealkylation sites (tertiary alicyclic amines) is 1. The molecule has 0 spiro atoms. The SMILES string of the molecule is CC1(O)CCCN(C(=O)CCCc2ccc(Br)s2)CC1. The molecule has 112 valence electrons. The van der Waals surface area contributed by atoms with Gasteiger partial charge in [-0.3, -0.25) is 4.79 Å². The fraction of sp³-hybridized carbons (Fsp3) is 0.667. The van der Waals surface area contributed by atoms with Crippen molar-refractivity contribution in [1.82, 2.24) is 4.90 Å². The van der Waals surface area contributed by atoms with E-state index in [-0.39, 0.29) is 5.91 Å². The van der Waals surface area contributed by atoms with Crippen LogP contribution in [0.2, 0.25) is 0 Å². The standard InChI is InChI=1S/C15H22BrNO2S/c1-15(19)8-3-10-17(11-9-15)14(18)5-2-4-12-6-7-13(16)20-12/h6-7,19H,2-5,8-11H2,1H3. The molecule has 0 aromatic carbocycles. The quantitative estimate of drug-likeness (QED) is 0.891. The van der Waals surface area contributed by atoms with Crippen LogP contribution in [0.4, 0.5) is 0 Å². The Hall–Kier alpha value is -0.390. The third-order valence-electron chi connectivity index (χ3n) is 3.86. The summed E-state index contributed by atoms with van der Waals surface area (Å²) in [6, 6.07) is 4.17. The largest absolute Gasteiger partial charge is 0.390 e. The van der Waals surface area contributed by atoms with Gasteiger partial charge in [0.1, 0.15) is 0 Å². The van der Waals surface area contributed by atoms with Crippen molar-refractivity contribution in [1.29, 1.82) is 0 Å². The van der Waals surface area contributed by atoms with Crippen LogP contribution >= 0.6 is 27.3 Å². The van der Waals surface area contributed by atoms with Crippen LogP contribution in [0.3, 0.4) is 0 Å². The predicted molar refractivity (Wildman–Crippen MR) is 86.0 cm³/mol. The Balaban J connectivity index is 1.74. The molecule has 1 aromatic rings. The fourth-order valence-corrected chi connectivity index (χ4v) is 4.10. The number of hydrogen-bond acceptors (Lipinski definition) is 3. The summed E-state index contributed by atoms with van der Waals surface area (Å²) >= 11 is 5.19. The Morgan fingerprint density at radius 3 is 2.95 bits per heavy atom. The second-order valence-electron chi connectivity index (χ2n) is 5.79. The molecule has 0 saturated carbocycles. The molecule has 1 saturated heterocycles. The van der Waals surface area contributed by atoms with Crippen molar-refractivity contribution in [2.24, 2.45) is 0 Å². The van der Waals surface area contributed by atoms with Gasteiger partial charge in [0, 0.05) is 24.4 Å². The highest BCUT2D eigenvalue weighted by Crippen LogP contribution is 2.24. The van der Waals surface area contributed by atoms with E-state index in [1.165, 1.54) is 4.88 Å². The van der Waals surface area contributed by atoms with Crippen LogP contribution < -0.4 is 0 Å². The van der Waals surface area contributed by atoms with E-state index in [1.807, 2.05) is 11.8 Å². The fourth-order valence-electron chi connectivity index (χ4n) is 2.57. The summed E-state index contributed by atoms with van der Waals surface area (Å²) in [5.41, 5.74) is -0.599. The van der Waals surface area contributed by atoms with Crippen molar-refractivity contribution < 1.29 is 9.90 Å². The molecule has 1 aliphatic rings. The highest BCUT2D eigenvalue weighted by atomic mass is 79.9. The number of aryl methyl sites for hydroxylation is 1. The lowest BCUT2D eigenvalue weighted by Crippen LogP contribution is -2.33. The van der Waals surface area contributed by atoms with E-state index in [4.69, 9.17) is 0 Å². The molecule has 0 aliphatic carbocycles. The molecule has 1 atom stereocenters. The average Bonchev–Trinajstić information content (AvgIpc) is 2.69. The van der Waals surface area contributed by atoms with Crippen molar-refractivity contribution in [2.75, 3.05) is 13.1 Å². The second-order valence-corrected chi connectivity index (χ2v) is 8.34. The minimum atomic E-state index is -0.599. The number of aliphatic hydroxyl groups is 1. The zero-order valence-electron chi connectivity index (χ0n) is 11.9. The minimum absolute atomic E-state index is 0.235. The van der Waals surface area contributed by atoms with Gasteiger partial charge < -0.3 is 10.0 Å². The molecule has 20 heavy (non-hydrogen) atoms. The molecule has 2 heterocycles. The third kappa shape index (κ3) is 4.86. The lowest BCUT2D eigenvalue weighted by molar-refractivity contribution is -0.131. The molecule has 1 fully saturated rings. The topological polar surface area (TPSA) is 40.5 Å². The maximum Gasteiger partial charge on any atom is 0.222 e. The molecule has 1 amide bonds. The Kier molecular flexibility index (Phi) is 5.64. The maximum atomic E-state index is 12.2. The number of rotatable bonds is 4. The van der Waals surface area contributed by atoms with E-state index in [2.05, 4.69) is 28.1 Å². The van der Waals surface area contributed by atoms with Crippen LogP contribution in [0.1, 0.15) is 43.9 Å². The summed E-state index contributed by atoms with van der Waals surface area (Å²) in [5, 5.41) is 10.0. The summed E-state index contributed by atoms with van der Waals surface area (Å²) in [5.74, 6) is 0.235. The monoisotopic (exact) mass is 359 g/mol. The Bertz CT molecular complexity index is 458. The number of halogens is 1. The van der Waals surface area contributed by atoms with Crippen molar-refractivity contribution >= 4 is 33.2 Å². The van der Waals surface area contributed by atoms with E-state index < -0.39 is 5.60 Å². The number of thiophene rings is 1. The molecule has 0 radical (unpaired) electrons. The Labute approximate surface area is 133 Å². The highest BCUT2D eigenvalue weighted by molar-refractivity contribution is 9.11. The van der Waals surface area contributed by atoms with E-state index in [0.717, 1.165) is 36.0 Å². The smallest absolute Gasteiger partial charge is 0.222 e. The molecule has 1 unspecified atom stereocenters. The van der Waals surface area contributed by atoms with Gasteiger partial charge in [0.05, 0.1) is 9.39 Å². The number of carbonyl (C=O) groups is 1. The van der Waals surface area contributed by atoms with Crippen LogP contribution in [0.15, 0.2) is 15.9 Å². The summed E-state index contributed by atoms with van der Waals surface area (Å²) in [6.45, 7) is 3.35. The molecule has 1 aromatic heterocycles. The molecular weight excluding hydrogens is 338 g/mol. The van der Waals surface area contributed by atoms with Gasteiger partial charge >= 0.3 is 0 Å². The predicted octanol–water partition coefficient (Wildman–Crippen LogP) is 3.60. The van der Waals surface area contributed by atoms with Gasteiger partial charge in [0.2, 0.25) is 5.91 Å². The first kappa shape index (κ1) is 16.0. The van der Waals surface area contributed by atoms with E-state index >= 15 is 0 Å². The lowest BCUT2D eigenvalue weighted by Gasteiger charge is -2.22. The van der Waals surface area contributed by atoms with Gasteiger partial charge in [-0.1, -0.05) is 0 Å². The lowest BCUT2D eigenvalue weighted by atomic mass is 9.98. The normalized spacial score (nSPS) is 23.6. The van der Waals surface area contributed by atoms with Crippen LogP contribution in [0.25, 0.3) is 0 Å². The molecule has 1 N–H and O–H groups in total. The molecule has 5 heteroatoms. The first-order chi connectivity index (χ1) is 9.46. The average molecular weight is 360 g/mol. The third-order valence-corrected chi connectivity index (χ3v) is 5.54. The highest BCUT2D eigenvalue weighted by Gasteiger charge is 2.26. The maximum absolute atomic E-state index is 12.2. The summed E-state index contributed by atoms with van der Waals surface area (Å²) < 4.78 is 1.15. The van der Waals surface area contributed by atoms with Crippen LogP contribution in [-0.2, 0) is 11.2 Å². The summed E-state index contributed by atoms with van der Waals surface area (Å²) in [4.78, 5) is 15.4. The zero-order chi connectivity index (χ0) is 14.6. The van der Waals surface area contributed by atoms with E-state index in [0.29, 0.717) is 19.4 Å². The summed E-state index contributed by atoms with van der Waals surface area (Å²) in [6.07, 6.45) is 4.86. The minimum Gasteiger partial charge on any atom is -0.390 e. The first-order valence-corrected chi connectivity index (χ1v) is 8.82. The molecule has 1 aliphatic heterocycles. The van der Waals surface area contributed by atoms with Crippen LogP contribution in [0.5, 0.6) is 0 Å². The van der Waals surface area contributed by atoms with Crippen molar-refractivity contribution in [3.05, 3.63) is 20.8 Å². The van der Waals surface area contributed by atoms with Gasteiger partial charge in [-0.15, -0.1) is 11.3 Å². The zero-order valence-corrected chi connectivity index (χ0v) is 14.3. The van der Waals surface area contributed by atoms with Crippen molar-refractivity contribution in [2.45, 2.75) is 51.0 Å². The van der Waals surface area contributed by atoms with Gasteiger partial charge in [0.25, 0.3) is 0 Å². The van der Waals surface area contributed by atoms with Gasteiger partial charge in [-0.25, -0.2) is 0 Å².